The lowest BCUT2D eigenvalue weighted by Gasteiger charge is -2.13. The maximum absolute atomic E-state index is 4.74. The van der Waals surface area contributed by atoms with Crippen LogP contribution in [-0.2, 0) is 0 Å². The number of nitrogens with one attached hydrogen (secondary N) is 2. The molecular formula is C16H15N5. The summed E-state index contributed by atoms with van der Waals surface area (Å²) in [6, 6.07) is 10.1. The van der Waals surface area contributed by atoms with E-state index in [1.165, 1.54) is 0 Å². The van der Waals surface area contributed by atoms with E-state index in [0.29, 0.717) is 0 Å². The van der Waals surface area contributed by atoms with E-state index in [9.17, 15) is 0 Å². The van der Waals surface area contributed by atoms with E-state index in [2.05, 4.69) is 20.9 Å². The van der Waals surface area contributed by atoms with Crippen LogP contribution in [0.2, 0.25) is 0 Å². The third kappa shape index (κ3) is 2.26. The zero-order valence-corrected chi connectivity index (χ0v) is 11.5. The van der Waals surface area contributed by atoms with Crippen LogP contribution in [0.5, 0.6) is 0 Å². The van der Waals surface area contributed by atoms with E-state index in [1.54, 1.807) is 0 Å². The molecule has 0 amide bonds. The first-order chi connectivity index (χ1) is 10.4. The Morgan fingerprint density at radius 1 is 1.05 bits per heavy atom. The van der Waals surface area contributed by atoms with Gasteiger partial charge in [0.2, 0.25) is 0 Å². The molecule has 2 heterocycles. The number of benzene rings is 1. The van der Waals surface area contributed by atoms with Crippen molar-refractivity contribution in [2.75, 3.05) is 13.1 Å². The highest BCUT2D eigenvalue weighted by Gasteiger charge is 2.25. The molecule has 0 unspecified atom stereocenters. The highest BCUT2D eigenvalue weighted by Crippen LogP contribution is 2.35. The zero-order chi connectivity index (χ0) is 14.1. The van der Waals surface area contributed by atoms with Crippen LogP contribution in [0, 0.1) is 0 Å². The van der Waals surface area contributed by atoms with Gasteiger partial charge in [0.1, 0.15) is 5.70 Å². The molecule has 0 aromatic heterocycles. The molecule has 1 aromatic rings. The summed E-state index contributed by atoms with van der Waals surface area (Å²) < 4.78 is 0. The Labute approximate surface area is 122 Å². The molecule has 2 aliphatic heterocycles. The molecule has 5 nitrogen and oxygen atoms in total. The van der Waals surface area contributed by atoms with Crippen LogP contribution in [0.15, 0.2) is 75.1 Å². The van der Waals surface area contributed by atoms with Gasteiger partial charge >= 0.3 is 0 Å². The minimum atomic E-state index is -0.0332. The Hall–Kier alpha value is -2.37. The lowest BCUT2D eigenvalue weighted by atomic mass is 9.97. The maximum atomic E-state index is 4.74. The van der Waals surface area contributed by atoms with E-state index in [4.69, 9.17) is 4.99 Å². The second-order valence-corrected chi connectivity index (χ2v) is 5.03. The van der Waals surface area contributed by atoms with Crippen LogP contribution >= 0.6 is 0 Å². The number of aliphatic imine (C=N–C) groups is 1. The van der Waals surface area contributed by atoms with Crippen molar-refractivity contribution in [1.82, 2.24) is 10.6 Å². The van der Waals surface area contributed by atoms with Gasteiger partial charge in [0.25, 0.3) is 0 Å². The Kier molecular flexibility index (Phi) is 3.06. The van der Waals surface area contributed by atoms with Gasteiger partial charge in [-0.15, -0.1) is 10.2 Å². The molecule has 1 saturated heterocycles. The number of fused-ring (bicyclic) bond motifs is 1. The van der Waals surface area contributed by atoms with Gasteiger partial charge in [-0.2, -0.15) is 0 Å². The third-order valence-electron chi connectivity index (χ3n) is 3.63. The van der Waals surface area contributed by atoms with Crippen LogP contribution < -0.4 is 10.6 Å². The average Bonchev–Trinajstić information content (AvgIpc) is 3.18. The van der Waals surface area contributed by atoms with Crippen LogP contribution in [-0.4, -0.2) is 25.1 Å². The molecule has 1 aliphatic carbocycles. The lowest BCUT2D eigenvalue weighted by Crippen LogP contribution is -2.30. The van der Waals surface area contributed by atoms with Crippen molar-refractivity contribution in [3.8, 4) is 0 Å². The van der Waals surface area contributed by atoms with E-state index in [1.807, 2.05) is 48.6 Å². The molecule has 104 valence electrons. The Morgan fingerprint density at radius 3 is 2.67 bits per heavy atom. The van der Waals surface area contributed by atoms with Crippen LogP contribution in [0.3, 0.4) is 0 Å². The molecular weight excluding hydrogens is 262 g/mol. The first kappa shape index (κ1) is 12.4. The first-order valence-electron chi connectivity index (χ1n) is 7.07. The summed E-state index contributed by atoms with van der Waals surface area (Å²) in [5, 5.41) is 15.2. The second kappa shape index (κ2) is 5.20. The SMILES string of the molecule is C1=CC(=NC2NCCN2)C2=C(c3ccccc3)N=NC2=C1. The van der Waals surface area contributed by atoms with Gasteiger partial charge in [-0.05, 0) is 12.2 Å². The van der Waals surface area contributed by atoms with Crippen molar-refractivity contribution >= 4 is 11.4 Å². The minimum Gasteiger partial charge on any atom is -0.282 e. The summed E-state index contributed by atoms with van der Waals surface area (Å²) in [5.74, 6) is 0. The van der Waals surface area contributed by atoms with Crippen molar-refractivity contribution in [2.24, 2.45) is 15.2 Å². The van der Waals surface area contributed by atoms with E-state index in [0.717, 1.165) is 41.3 Å². The van der Waals surface area contributed by atoms with Crippen molar-refractivity contribution in [2.45, 2.75) is 6.29 Å². The van der Waals surface area contributed by atoms with Crippen LogP contribution in [0.4, 0.5) is 0 Å². The van der Waals surface area contributed by atoms with Gasteiger partial charge in [0.05, 0.1) is 17.0 Å². The molecule has 4 rings (SSSR count). The normalized spacial score (nSPS) is 23.0. The fourth-order valence-electron chi connectivity index (χ4n) is 2.63. The highest BCUT2D eigenvalue weighted by atomic mass is 15.3. The molecule has 3 aliphatic rings. The number of azo groups is 1. The highest BCUT2D eigenvalue weighted by molar-refractivity contribution is 6.17. The predicted octanol–water partition coefficient (Wildman–Crippen LogP) is 2.23. The van der Waals surface area contributed by atoms with Gasteiger partial charge in [-0.3, -0.25) is 15.6 Å². The van der Waals surface area contributed by atoms with Gasteiger partial charge in [0, 0.05) is 18.7 Å². The van der Waals surface area contributed by atoms with Gasteiger partial charge < -0.3 is 0 Å². The molecule has 0 bridgehead atoms. The third-order valence-corrected chi connectivity index (χ3v) is 3.63. The number of hydrogen-bond acceptors (Lipinski definition) is 5. The van der Waals surface area contributed by atoms with Crippen molar-refractivity contribution in [3.63, 3.8) is 0 Å². The average molecular weight is 277 g/mol. The van der Waals surface area contributed by atoms with Gasteiger partial charge in [0.15, 0.2) is 6.29 Å². The minimum absolute atomic E-state index is 0.0332. The second-order valence-electron chi connectivity index (χ2n) is 5.03. The van der Waals surface area contributed by atoms with E-state index in [-0.39, 0.29) is 6.29 Å². The van der Waals surface area contributed by atoms with Gasteiger partial charge in [-0.1, -0.05) is 36.4 Å². The molecule has 0 spiro atoms. The van der Waals surface area contributed by atoms with Crippen LogP contribution in [0.25, 0.3) is 5.70 Å². The van der Waals surface area contributed by atoms with Crippen LogP contribution in [0.1, 0.15) is 5.56 Å². The van der Waals surface area contributed by atoms with E-state index < -0.39 is 0 Å². The fraction of sp³-hybridized carbons (Fsp3) is 0.188. The van der Waals surface area contributed by atoms with Crippen molar-refractivity contribution < 1.29 is 0 Å². The van der Waals surface area contributed by atoms with E-state index >= 15 is 0 Å². The molecule has 5 heteroatoms. The number of nitrogens with zero attached hydrogens (tertiary/aromatic N) is 3. The quantitative estimate of drug-likeness (QED) is 0.871. The summed E-state index contributed by atoms with van der Waals surface area (Å²) in [6.07, 6.45) is 5.93. The molecule has 0 radical (unpaired) electrons. The molecule has 0 atom stereocenters. The molecule has 21 heavy (non-hydrogen) atoms. The molecule has 1 aromatic carbocycles. The molecule has 0 saturated carbocycles. The topological polar surface area (TPSA) is 61.1 Å². The first-order valence-corrected chi connectivity index (χ1v) is 7.07. The number of allylic oxidation sites excluding steroid dienone is 4. The predicted molar refractivity (Wildman–Crippen MR) is 82.7 cm³/mol. The maximum Gasteiger partial charge on any atom is 0.154 e. The summed E-state index contributed by atoms with van der Waals surface area (Å²) in [5.41, 5.74) is 4.77. The lowest BCUT2D eigenvalue weighted by molar-refractivity contribution is 0.581. The summed E-state index contributed by atoms with van der Waals surface area (Å²) in [6.45, 7) is 1.88. The monoisotopic (exact) mass is 277 g/mol. The zero-order valence-electron chi connectivity index (χ0n) is 11.5. The Bertz CT molecular complexity index is 703. The summed E-state index contributed by atoms with van der Waals surface area (Å²) >= 11 is 0. The van der Waals surface area contributed by atoms with Crippen molar-refractivity contribution in [1.29, 1.82) is 0 Å². The summed E-state index contributed by atoms with van der Waals surface area (Å²) in [4.78, 5) is 4.74. The smallest absolute Gasteiger partial charge is 0.154 e. The fourth-order valence-corrected chi connectivity index (χ4v) is 2.63. The number of hydrogen-bond donors (Lipinski definition) is 2. The van der Waals surface area contributed by atoms with Crippen molar-refractivity contribution in [3.05, 3.63) is 65.4 Å². The summed E-state index contributed by atoms with van der Waals surface area (Å²) in [7, 11) is 0. The van der Waals surface area contributed by atoms with Gasteiger partial charge in [-0.25, -0.2) is 0 Å². The Balaban J connectivity index is 1.79. The largest absolute Gasteiger partial charge is 0.282 e. The standard InChI is InChI=1S/C16H15N5/c1-2-5-11(6-3-1)15-14-12(19-16-17-9-10-18-16)7-4-8-13(14)20-21-15/h1-8,16-18H,9-10H2. The Morgan fingerprint density at radius 2 is 1.86 bits per heavy atom. The number of rotatable bonds is 2. The molecule has 1 fully saturated rings. The molecule has 2 N–H and O–H groups in total.